The van der Waals surface area contributed by atoms with E-state index < -0.39 is 0 Å². The van der Waals surface area contributed by atoms with Gasteiger partial charge in [0.15, 0.2) is 0 Å². The maximum atomic E-state index is 9.01. The van der Waals surface area contributed by atoms with E-state index >= 15 is 0 Å². The molecular formula is C9H12N4O. The first-order chi connectivity index (χ1) is 6.72. The molecule has 1 heterocycles. The third kappa shape index (κ3) is 3.37. The fourth-order valence-electron chi connectivity index (χ4n) is 0.920. The molecule has 0 spiro atoms. The highest BCUT2D eigenvalue weighted by atomic mass is 16.3. The fraction of sp³-hybridized carbons (Fsp3) is 0.444. The van der Waals surface area contributed by atoms with E-state index in [2.05, 4.69) is 15.3 Å². The molecule has 0 amide bonds. The van der Waals surface area contributed by atoms with Gasteiger partial charge in [-0.2, -0.15) is 5.26 Å². The minimum Gasteiger partial charge on any atom is -0.393 e. The second kappa shape index (κ2) is 5.14. The lowest BCUT2D eigenvalue weighted by Crippen LogP contribution is -2.10. The smallest absolute Gasteiger partial charge is 0.234 e. The molecular weight excluding hydrogens is 180 g/mol. The first-order valence-corrected chi connectivity index (χ1v) is 4.37. The number of nitrogens with one attached hydrogen (secondary N) is 1. The third-order valence-electron chi connectivity index (χ3n) is 1.62. The molecule has 0 aliphatic rings. The minimum atomic E-state index is -0.334. The van der Waals surface area contributed by atoms with Crippen molar-refractivity contribution >= 4 is 5.82 Å². The van der Waals surface area contributed by atoms with Crippen LogP contribution in [0, 0.1) is 11.3 Å². The number of hydrogen-bond acceptors (Lipinski definition) is 5. The molecule has 0 saturated carbocycles. The summed E-state index contributed by atoms with van der Waals surface area (Å²) in [4.78, 5) is 7.66. The summed E-state index contributed by atoms with van der Waals surface area (Å²) < 4.78 is 0. The summed E-state index contributed by atoms with van der Waals surface area (Å²) >= 11 is 0. The maximum absolute atomic E-state index is 9.01. The van der Waals surface area contributed by atoms with Crippen molar-refractivity contribution < 1.29 is 5.11 Å². The Morgan fingerprint density at radius 3 is 3.14 bits per heavy atom. The molecule has 0 saturated heterocycles. The van der Waals surface area contributed by atoms with Crippen LogP contribution in [0.5, 0.6) is 0 Å². The highest BCUT2D eigenvalue weighted by Crippen LogP contribution is 2.01. The predicted octanol–water partition coefficient (Wildman–Crippen LogP) is 0.531. The number of aromatic nitrogens is 2. The zero-order chi connectivity index (χ0) is 10.4. The van der Waals surface area contributed by atoms with Gasteiger partial charge in [0, 0.05) is 12.7 Å². The molecule has 0 aliphatic carbocycles. The normalized spacial score (nSPS) is 11.8. The molecule has 0 fully saturated rings. The highest BCUT2D eigenvalue weighted by Gasteiger charge is 1.98. The van der Waals surface area contributed by atoms with Gasteiger partial charge < -0.3 is 10.4 Å². The Kier molecular flexibility index (Phi) is 3.83. The number of aliphatic hydroxyl groups excluding tert-OH is 1. The van der Waals surface area contributed by atoms with Crippen LogP contribution in [0.15, 0.2) is 12.3 Å². The van der Waals surface area contributed by atoms with Crippen molar-refractivity contribution in [1.82, 2.24) is 9.97 Å². The summed E-state index contributed by atoms with van der Waals surface area (Å²) in [5.74, 6) is 0.754. The number of anilines is 1. The van der Waals surface area contributed by atoms with Crippen LogP contribution in [0.25, 0.3) is 0 Å². The van der Waals surface area contributed by atoms with Crippen LogP contribution >= 0.6 is 0 Å². The Balaban J connectivity index is 2.47. The third-order valence-corrected chi connectivity index (χ3v) is 1.62. The Bertz CT molecular complexity index is 332. The van der Waals surface area contributed by atoms with Crippen LogP contribution in [-0.4, -0.2) is 27.7 Å². The molecule has 0 aliphatic heterocycles. The summed E-state index contributed by atoms with van der Waals surface area (Å²) in [6.07, 6.45) is 1.84. The van der Waals surface area contributed by atoms with Crippen molar-refractivity contribution in [2.45, 2.75) is 19.4 Å². The van der Waals surface area contributed by atoms with Crippen LogP contribution in [0.2, 0.25) is 0 Å². The first-order valence-electron chi connectivity index (χ1n) is 4.37. The van der Waals surface area contributed by atoms with Gasteiger partial charge in [0.05, 0.1) is 6.10 Å². The lowest BCUT2D eigenvalue weighted by Gasteiger charge is -2.06. The minimum absolute atomic E-state index is 0.145. The molecule has 74 valence electrons. The van der Waals surface area contributed by atoms with Gasteiger partial charge in [-0.15, -0.1) is 0 Å². The second-order valence-electron chi connectivity index (χ2n) is 2.94. The van der Waals surface area contributed by atoms with Crippen molar-refractivity contribution in [3.8, 4) is 6.07 Å². The van der Waals surface area contributed by atoms with Gasteiger partial charge in [0.1, 0.15) is 11.9 Å². The van der Waals surface area contributed by atoms with Gasteiger partial charge in [0.2, 0.25) is 5.82 Å². The Morgan fingerprint density at radius 1 is 1.71 bits per heavy atom. The average Bonchev–Trinajstić information content (AvgIpc) is 2.18. The number of nitrogens with zero attached hydrogens (tertiary/aromatic N) is 3. The molecule has 5 heteroatoms. The number of rotatable bonds is 4. The quantitative estimate of drug-likeness (QED) is 0.727. The van der Waals surface area contributed by atoms with Gasteiger partial charge in [-0.3, -0.25) is 0 Å². The molecule has 1 unspecified atom stereocenters. The van der Waals surface area contributed by atoms with Gasteiger partial charge in [-0.25, -0.2) is 9.97 Å². The fourth-order valence-corrected chi connectivity index (χ4v) is 0.920. The Labute approximate surface area is 82.4 Å². The van der Waals surface area contributed by atoms with Gasteiger partial charge in [0.25, 0.3) is 0 Å². The van der Waals surface area contributed by atoms with E-state index in [9.17, 15) is 0 Å². The van der Waals surface area contributed by atoms with Crippen molar-refractivity contribution in [3.05, 3.63) is 18.1 Å². The molecule has 1 aromatic heterocycles. The first kappa shape index (κ1) is 10.4. The summed E-state index contributed by atoms with van der Waals surface area (Å²) in [5, 5.41) is 20.5. The topological polar surface area (TPSA) is 81.8 Å². The van der Waals surface area contributed by atoms with E-state index in [1.54, 1.807) is 13.0 Å². The average molecular weight is 192 g/mol. The maximum Gasteiger partial charge on any atom is 0.234 e. The summed E-state index contributed by atoms with van der Waals surface area (Å²) in [5.41, 5.74) is 0. The molecule has 5 nitrogen and oxygen atoms in total. The summed E-state index contributed by atoms with van der Waals surface area (Å²) in [7, 11) is 0. The Morgan fingerprint density at radius 2 is 2.50 bits per heavy atom. The standard InChI is InChI=1S/C9H12N4O/c1-7(14)2-4-11-8-3-5-12-9(6-10)13-8/h3,5,7,14H,2,4H2,1H3,(H,11,12,13). The molecule has 14 heavy (non-hydrogen) atoms. The van der Waals surface area contributed by atoms with Crippen LogP contribution in [0.3, 0.4) is 0 Å². The van der Waals surface area contributed by atoms with E-state index in [0.717, 1.165) is 0 Å². The Hall–Kier alpha value is -1.67. The monoisotopic (exact) mass is 192 g/mol. The zero-order valence-corrected chi connectivity index (χ0v) is 7.94. The van der Waals surface area contributed by atoms with E-state index in [0.29, 0.717) is 18.8 Å². The molecule has 0 radical (unpaired) electrons. The number of nitriles is 1. The lowest BCUT2D eigenvalue weighted by atomic mass is 10.3. The predicted molar refractivity (Wildman–Crippen MR) is 51.5 cm³/mol. The van der Waals surface area contributed by atoms with Gasteiger partial charge in [-0.1, -0.05) is 0 Å². The SMILES string of the molecule is CC(O)CCNc1ccnc(C#N)n1. The van der Waals surface area contributed by atoms with Crippen molar-refractivity contribution in [1.29, 1.82) is 5.26 Å². The van der Waals surface area contributed by atoms with E-state index in [1.807, 2.05) is 6.07 Å². The van der Waals surface area contributed by atoms with Gasteiger partial charge in [-0.05, 0) is 19.4 Å². The van der Waals surface area contributed by atoms with Crippen LogP contribution in [-0.2, 0) is 0 Å². The van der Waals surface area contributed by atoms with E-state index in [1.165, 1.54) is 6.20 Å². The van der Waals surface area contributed by atoms with Crippen molar-refractivity contribution in [3.63, 3.8) is 0 Å². The van der Waals surface area contributed by atoms with E-state index in [-0.39, 0.29) is 11.9 Å². The molecule has 1 atom stereocenters. The van der Waals surface area contributed by atoms with Crippen LogP contribution in [0.4, 0.5) is 5.82 Å². The number of aliphatic hydroxyl groups is 1. The number of hydrogen-bond donors (Lipinski definition) is 2. The van der Waals surface area contributed by atoms with Crippen LogP contribution < -0.4 is 5.32 Å². The zero-order valence-electron chi connectivity index (χ0n) is 7.94. The lowest BCUT2D eigenvalue weighted by molar-refractivity contribution is 0.188. The van der Waals surface area contributed by atoms with E-state index in [4.69, 9.17) is 10.4 Å². The van der Waals surface area contributed by atoms with Gasteiger partial charge >= 0.3 is 0 Å². The molecule has 0 bridgehead atoms. The largest absolute Gasteiger partial charge is 0.393 e. The second-order valence-corrected chi connectivity index (χ2v) is 2.94. The van der Waals surface area contributed by atoms with Crippen LogP contribution in [0.1, 0.15) is 19.2 Å². The molecule has 0 aromatic carbocycles. The molecule has 1 aromatic rings. The van der Waals surface area contributed by atoms with Crippen molar-refractivity contribution in [2.24, 2.45) is 0 Å². The summed E-state index contributed by atoms with van der Waals surface area (Å²) in [6, 6.07) is 3.54. The molecule has 2 N–H and O–H groups in total. The highest BCUT2D eigenvalue weighted by molar-refractivity contribution is 5.34. The summed E-state index contributed by atoms with van der Waals surface area (Å²) in [6.45, 7) is 2.35. The van der Waals surface area contributed by atoms with Crippen molar-refractivity contribution in [2.75, 3.05) is 11.9 Å². The molecule has 1 rings (SSSR count).